The van der Waals surface area contributed by atoms with Crippen molar-refractivity contribution in [3.63, 3.8) is 0 Å². The van der Waals surface area contributed by atoms with Crippen molar-refractivity contribution < 1.29 is 19.1 Å². The second-order valence-electron chi connectivity index (χ2n) is 9.72. The maximum absolute atomic E-state index is 13.3. The van der Waals surface area contributed by atoms with E-state index in [2.05, 4.69) is 10.6 Å². The van der Waals surface area contributed by atoms with Crippen LogP contribution in [0.25, 0.3) is 0 Å². The zero-order valence-corrected chi connectivity index (χ0v) is 20.5. The number of Topliss-reactive ketones (excluding diaryl/α,β-unsaturated/α-hetero) is 2. The lowest BCUT2D eigenvalue weighted by Gasteiger charge is -2.35. The van der Waals surface area contributed by atoms with E-state index in [9.17, 15) is 14.4 Å². The summed E-state index contributed by atoms with van der Waals surface area (Å²) in [6, 6.07) is 0.164. The van der Waals surface area contributed by atoms with Crippen LogP contribution < -0.4 is 10.6 Å². The fourth-order valence-corrected chi connectivity index (χ4v) is 4.09. The maximum atomic E-state index is 13.3. The number of carbonyl (C=O) groups is 3. The molecule has 0 saturated carbocycles. The first-order chi connectivity index (χ1) is 14.4. The first kappa shape index (κ1) is 27.3. The molecule has 1 heterocycles. The Labute approximate surface area is 188 Å². The first-order valence-corrected chi connectivity index (χ1v) is 11.5. The first-order valence-electron chi connectivity index (χ1n) is 11.5. The van der Waals surface area contributed by atoms with Crippen molar-refractivity contribution in [2.75, 3.05) is 26.7 Å². The minimum absolute atomic E-state index is 0.0629. The minimum Gasteiger partial charge on any atom is -0.445 e. The predicted octanol–water partition coefficient (Wildman–Crippen LogP) is 3.47. The van der Waals surface area contributed by atoms with E-state index in [1.165, 1.54) is 4.90 Å². The molecule has 0 radical (unpaired) electrons. The van der Waals surface area contributed by atoms with Gasteiger partial charge in [-0.2, -0.15) is 0 Å². The predicted molar refractivity (Wildman–Crippen MR) is 124 cm³/mol. The van der Waals surface area contributed by atoms with Gasteiger partial charge in [-0.25, -0.2) is 4.79 Å². The van der Waals surface area contributed by atoms with Crippen molar-refractivity contribution in [2.45, 2.75) is 90.8 Å². The molecule has 2 N–H and O–H groups in total. The summed E-state index contributed by atoms with van der Waals surface area (Å²) in [7, 11) is 1.70. The third-order valence-electron chi connectivity index (χ3n) is 5.93. The molecule has 1 aliphatic rings. The van der Waals surface area contributed by atoms with Gasteiger partial charge in [0.05, 0.1) is 17.6 Å². The number of hydrogen-bond acceptors (Lipinski definition) is 6. The zero-order chi connectivity index (χ0) is 23.7. The number of ether oxygens (including phenoxy) is 1. The number of carbonyl (C=O) groups excluding carboxylic acids is 3. The number of amides is 1. The Morgan fingerprint density at radius 1 is 1.13 bits per heavy atom. The van der Waals surface area contributed by atoms with Gasteiger partial charge in [-0.15, -0.1) is 0 Å². The van der Waals surface area contributed by atoms with Crippen LogP contribution in [0.4, 0.5) is 4.79 Å². The zero-order valence-electron chi connectivity index (χ0n) is 20.5. The van der Waals surface area contributed by atoms with Gasteiger partial charge < -0.3 is 15.0 Å². The van der Waals surface area contributed by atoms with Crippen molar-refractivity contribution in [3.8, 4) is 0 Å². The van der Waals surface area contributed by atoms with Crippen LogP contribution in [0.15, 0.2) is 12.2 Å². The van der Waals surface area contributed by atoms with Gasteiger partial charge in [0.2, 0.25) is 0 Å². The van der Waals surface area contributed by atoms with Gasteiger partial charge in [-0.05, 0) is 59.8 Å². The van der Waals surface area contributed by atoms with Gasteiger partial charge >= 0.3 is 6.09 Å². The standard InChI is InChI=1S/C24H43N3O4/c1-18(2)21(29)24(6)14-12-15-27(7)22(30)31-16-11-9-8-10-13-23(5,26-19(3)4)20(28)17-25-24/h9,11,18-19,25-26H,8,10,12-17H2,1-7H3/b11-9-/t23-,24+/m1/s1. The van der Waals surface area contributed by atoms with Gasteiger partial charge in [0.25, 0.3) is 0 Å². The number of cyclic esters (lactones) is 1. The summed E-state index contributed by atoms with van der Waals surface area (Å²) in [6.45, 7) is 12.5. The van der Waals surface area contributed by atoms with E-state index in [-0.39, 0.29) is 42.8 Å². The molecule has 0 aromatic heterocycles. The molecule has 0 bridgehead atoms. The Morgan fingerprint density at radius 2 is 1.81 bits per heavy atom. The summed E-state index contributed by atoms with van der Waals surface area (Å²) in [4.78, 5) is 39.9. The Balaban J connectivity index is 3.09. The lowest BCUT2D eigenvalue weighted by atomic mass is 9.83. The van der Waals surface area contributed by atoms with Crippen LogP contribution in [0.2, 0.25) is 0 Å². The molecule has 2 atom stereocenters. The number of hydrogen-bond donors (Lipinski definition) is 2. The van der Waals surface area contributed by atoms with E-state index in [1.807, 2.05) is 53.7 Å². The van der Waals surface area contributed by atoms with Crippen LogP contribution in [-0.2, 0) is 14.3 Å². The van der Waals surface area contributed by atoms with E-state index >= 15 is 0 Å². The number of rotatable bonds is 4. The normalized spacial score (nSPS) is 29.0. The molecule has 7 heteroatoms. The SMILES string of the molecule is CC(C)N[C@]1(C)CCC/C=C\COC(=O)N(C)CCC[C@@](C)(C(=O)C(C)C)NCC1=O. The van der Waals surface area contributed by atoms with E-state index in [1.54, 1.807) is 7.05 Å². The Morgan fingerprint density at radius 3 is 2.42 bits per heavy atom. The number of ketones is 2. The van der Waals surface area contributed by atoms with E-state index in [0.717, 1.165) is 12.8 Å². The molecular weight excluding hydrogens is 394 g/mol. The summed E-state index contributed by atoms with van der Waals surface area (Å²) in [5.74, 6) is -0.0188. The Bertz CT molecular complexity index is 647. The number of allylic oxidation sites excluding steroid dienone is 1. The lowest BCUT2D eigenvalue weighted by molar-refractivity contribution is -0.129. The smallest absolute Gasteiger partial charge is 0.409 e. The van der Waals surface area contributed by atoms with Crippen molar-refractivity contribution in [1.29, 1.82) is 0 Å². The summed E-state index contributed by atoms with van der Waals surface area (Å²) in [5, 5.41) is 6.72. The molecule has 7 nitrogen and oxygen atoms in total. The molecule has 1 aliphatic heterocycles. The van der Waals surface area contributed by atoms with Gasteiger partial charge in [-0.3, -0.25) is 14.9 Å². The summed E-state index contributed by atoms with van der Waals surface area (Å²) in [5.41, 5.74) is -1.50. The van der Waals surface area contributed by atoms with E-state index < -0.39 is 11.1 Å². The van der Waals surface area contributed by atoms with Gasteiger partial charge in [0.15, 0.2) is 11.6 Å². The summed E-state index contributed by atoms with van der Waals surface area (Å²) in [6.07, 6.45) is 6.93. The third-order valence-corrected chi connectivity index (χ3v) is 5.93. The second kappa shape index (κ2) is 12.3. The monoisotopic (exact) mass is 437 g/mol. The summed E-state index contributed by atoms with van der Waals surface area (Å²) >= 11 is 0. The Kier molecular flexibility index (Phi) is 10.9. The highest BCUT2D eigenvalue weighted by atomic mass is 16.6. The molecule has 31 heavy (non-hydrogen) atoms. The third kappa shape index (κ3) is 8.73. The molecule has 0 aromatic carbocycles. The van der Waals surface area contributed by atoms with E-state index in [0.29, 0.717) is 25.8 Å². The number of nitrogens with one attached hydrogen (secondary N) is 2. The van der Waals surface area contributed by atoms with Gasteiger partial charge in [0.1, 0.15) is 6.61 Å². The quantitative estimate of drug-likeness (QED) is 0.655. The molecule has 0 aliphatic carbocycles. The van der Waals surface area contributed by atoms with Gasteiger partial charge in [-0.1, -0.05) is 26.0 Å². The average Bonchev–Trinajstić information content (AvgIpc) is 2.69. The lowest BCUT2D eigenvalue weighted by Crippen LogP contribution is -2.59. The Hall–Kier alpha value is -1.73. The molecule has 0 unspecified atom stereocenters. The highest BCUT2D eigenvalue weighted by Gasteiger charge is 2.38. The molecule has 178 valence electrons. The average molecular weight is 438 g/mol. The molecule has 1 amide bonds. The van der Waals surface area contributed by atoms with Crippen LogP contribution in [0.1, 0.15) is 73.6 Å². The molecule has 1 rings (SSSR count). The molecule has 0 spiro atoms. The highest BCUT2D eigenvalue weighted by molar-refractivity contribution is 5.93. The largest absolute Gasteiger partial charge is 0.445 e. The summed E-state index contributed by atoms with van der Waals surface area (Å²) < 4.78 is 5.28. The fraction of sp³-hybridized carbons (Fsp3) is 0.792. The molecular formula is C24H43N3O4. The van der Waals surface area contributed by atoms with Crippen LogP contribution >= 0.6 is 0 Å². The highest BCUT2D eigenvalue weighted by Crippen LogP contribution is 2.21. The molecule has 0 saturated heterocycles. The van der Waals surface area contributed by atoms with Crippen molar-refractivity contribution >= 4 is 17.7 Å². The number of nitrogens with zero attached hydrogens (tertiary/aromatic N) is 1. The van der Waals surface area contributed by atoms with Crippen molar-refractivity contribution in [2.24, 2.45) is 5.92 Å². The maximum Gasteiger partial charge on any atom is 0.409 e. The van der Waals surface area contributed by atoms with E-state index in [4.69, 9.17) is 4.74 Å². The minimum atomic E-state index is -0.831. The fourth-order valence-electron chi connectivity index (χ4n) is 4.09. The van der Waals surface area contributed by atoms with Gasteiger partial charge in [0, 0.05) is 25.6 Å². The van der Waals surface area contributed by atoms with Crippen LogP contribution in [0.3, 0.4) is 0 Å². The topological polar surface area (TPSA) is 87.7 Å². The van der Waals surface area contributed by atoms with Crippen molar-refractivity contribution in [1.82, 2.24) is 15.5 Å². The van der Waals surface area contributed by atoms with Crippen LogP contribution in [0.5, 0.6) is 0 Å². The van der Waals surface area contributed by atoms with Crippen molar-refractivity contribution in [3.05, 3.63) is 12.2 Å². The second-order valence-corrected chi connectivity index (χ2v) is 9.72. The van der Waals surface area contributed by atoms with Crippen LogP contribution in [-0.4, -0.2) is 66.4 Å². The molecule has 0 aromatic rings. The van der Waals surface area contributed by atoms with Crippen LogP contribution in [0, 0.1) is 5.92 Å². The molecule has 0 fully saturated rings.